The minimum atomic E-state index is -0.466. The maximum Gasteiger partial charge on any atom is 0.272 e. The van der Waals surface area contributed by atoms with E-state index in [0.29, 0.717) is 11.4 Å². The van der Waals surface area contributed by atoms with Crippen LogP contribution >= 0.6 is 0 Å². The van der Waals surface area contributed by atoms with Gasteiger partial charge < -0.3 is 0 Å². The summed E-state index contributed by atoms with van der Waals surface area (Å²) in [6, 6.07) is 5.91. The van der Waals surface area contributed by atoms with Crippen LogP contribution in [0.2, 0.25) is 0 Å². The SMILES string of the molecule is CC(C)(C)C1=N[N+](c2ccc([N+](=O)[O-])cc2)=CC1=O. The van der Waals surface area contributed by atoms with Gasteiger partial charge in [-0.3, -0.25) is 14.9 Å². The Balaban J connectivity index is 2.34. The summed E-state index contributed by atoms with van der Waals surface area (Å²) < 4.78 is 1.45. The van der Waals surface area contributed by atoms with Gasteiger partial charge in [0.05, 0.1) is 4.92 Å². The van der Waals surface area contributed by atoms with Gasteiger partial charge in [-0.05, 0) is 4.68 Å². The number of rotatable bonds is 2. The van der Waals surface area contributed by atoms with E-state index in [1.165, 1.54) is 23.0 Å². The van der Waals surface area contributed by atoms with Crippen molar-refractivity contribution in [3.8, 4) is 0 Å². The molecule has 1 aromatic rings. The van der Waals surface area contributed by atoms with Crippen LogP contribution in [0.3, 0.4) is 0 Å². The number of nitro groups is 1. The number of hydrogen-bond donors (Lipinski definition) is 0. The molecule has 0 saturated carbocycles. The molecular formula is C13H14N3O3+. The Morgan fingerprint density at radius 1 is 1.21 bits per heavy atom. The Morgan fingerprint density at radius 3 is 2.21 bits per heavy atom. The van der Waals surface area contributed by atoms with Crippen molar-refractivity contribution in [3.05, 3.63) is 34.4 Å². The zero-order valence-electron chi connectivity index (χ0n) is 11.0. The van der Waals surface area contributed by atoms with Gasteiger partial charge >= 0.3 is 0 Å². The van der Waals surface area contributed by atoms with Crippen molar-refractivity contribution in [2.45, 2.75) is 20.8 Å². The highest BCUT2D eigenvalue weighted by molar-refractivity contribution is 6.61. The van der Waals surface area contributed by atoms with E-state index in [9.17, 15) is 14.9 Å². The topological polar surface area (TPSA) is 75.6 Å². The third-order valence-corrected chi connectivity index (χ3v) is 2.72. The molecule has 1 heterocycles. The van der Waals surface area contributed by atoms with Gasteiger partial charge in [-0.2, -0.15) is 0 Å². The van der Waals surface area contributed by atoms with Crippen LogP contribution in [0.25, 0.3) is 0 Å². The highest BCUT2D eigenvalue weighted by atomic mass is 16.6. The van der Waals surface area contributed by atoms with E-state index in [0.717, 1.165) is 0 Å². The fraction of sp³-hybridized carbons (Fsp3) is 0.308. The van der Waals surface area contributed by atoms with E-state index in [-0.39, 0.29) is 16.9 Å². The first-order valence-electron chi connectivity index (χ1n) is 5.81. The van der Waals surface area contributed by atoms with Crippen LogP contribution in [0, 0.1) is 15.5 Å². The Labute approximate surface area is 110 Å². The molecule has 0 unspecified atom stereocenters. The largest absolute Gasteiger partial charge is 0.281 e. The molecule has 0 aliphatic carbocycles. The zero-order valence-corrected chi connectivity index (χ0v) is 11.0. The van der Waals surface area contributed by atoms with Gasteiger partial charge in [0, 0.05) is 34.8 Å². The smallest absolute Gasteiger partial charge is 0.272 e. The first-order chi connectivity index (χ1) is 8.79. The molecule has 0 N–H and O–H groups in total. The molecule has 2 rings (SSSR count). The third kappa shape index (κ3) is 2.57. The molecular weight excluding hydrogens is 246 g/mol. The number of non-ortho nitro benzene ring substituents is 1. The summed E-state index contributed by atoms with van der Waals surface area (Å²) in [5, 5.41) is 14.8. The van der Waals surface area contributed by atoms with Crippen molar-refractivity contribution < 1.29 is 14.4 Å². The summed E-state index contributed by atoms with van der Waals surface area (Å²) >= 11 is 0. The Morgan fingerprint density at radius 2 is 1.79 bits per heavy atom. The molecule has 0 amide bonds. The fourth-order valence-electron chi connectivity index (χ4n) is 1.74. The van der Waals surface area contributed by atoms with Crippen molar-refractivity contribution in [1.29, 1.82) is 0 Å². The molecule has 19 heavy (non-hydrogen) atoms. The van der Waals surface area contributed by atoms with E-state index in [1.54, 1.807) is 12.1 Å². The van der Waals surface area contributed by atoms with Crippen LogP contribution in [0.5, 0.6) is 0 Å². The lowest BCUT2D eigenvalue weighted by atomic mass is 9.88. The quantitative estimate of drug-likeness (QED) is 0.465. The molecule has 0 aromatic heterocycles. The average Bonchev–Trinajstić information content (AvgIpc) is 2.71. The highest BCUT2D eigenvalue weighted by Crippen LogP contribution is 2.23. The second kappa shape index (κ2) is 4.38. The van der Waals surface area contributed by atoms with Gasteiger partial charge in [-0.25, -0.2) is 0 Å². The first-order valence-corrected chi connectivity index (χ1v) is 5.81. The van der Waals surface area contributed by atoms with E-state index in [1.807, 2.05) is 20.8 Å². The van der Waals surface area contributed by atoms with Crippen LogP contribution in [-0.2, 0) is 4.79 Å². The molecule has 0 saturated heterocycles. The lowest BCUT2D eigenvalue weighted by Crippen LogP contribution is -2.26. The summed E-state index contributed by atoms with van der Waals surface area (Å²) in [5.74, 6) is -0.133. The normalized spacial score (nSPS) is 15.2. The molecule has 6 nitrogen and oxygen atoms in total. The molecule has 0 atom stereocenters. The lowest BCUT2D eigenvalue weighted by molar-refractivity contribution is -0.437. The molecule has 0 radical (unpaired) electrons. The fourth-order valence-corrected chi connectivity index (χ4v) is 1.74. The molecule has 1 aliphatic rings. The van der Waals surface area contributed by atoms with Crippen LogP contribution < -0.4 is 0 Å². The predicted molar refractivity (Wildman–Crippen MR) is 71.0 cm³/mol. The number of carbonyl (C=O) groups is 1. The highest BCUT2D eigenvalue weighted by Gasteiger charge is 2.35. The van der Waals surface area contributed by atoms with Gasteiger partial charge in [0.25, 0.3) is 17.7 Å². The molecule has 0 fully saturated rings. The van der Waals surface area contributed by atoms with Gasteiger partial charge in [-0.1, -0.05) is 20.8 Å². The maximum absolute atomic E-state index is 11.8. The molecule has 0 bridgehead atoms. The predicted octanol–water partition coefficient (Wildman–Crippen LogP) is 2.29. The number of benzene rings is 1. The number of nitrogens with zero attached hydrogens (tertiary/aromatic N) is 3. The molecule has 6 heteroatoms. The van der Waals surface area contributed by atoms with Crippen LogP contribution in [-0.4, -0.2) is 27.3 Å². The van der Waals surface area contributed by atoms with Crippen molar-refractivity contribution >= 4 is 29.1 Å². The Hall–Kier alpha value is -2.37. The van der Waals surface area contributed by atoms with Crippen molar-refractivity contribution in [3.63, 3.8) is 0 Å². The maximum atomic E-state index is 11.8. The molecule has 1 aliphatic heterocycles. The summed E-state index contributed by atoms with van der Waals surface area (Å²) in [5.41, 5.74) is 0.779. The van der Waals surface area contributed by atoms with Crippen LogP contribution in [0.15, 0.2) is 29.4 Å². The van der Waals surface area contributed by atoms with Gasteiger partial charge in [0.1, 0.15) is 0 Å². The monoisotopic (exact) mass is 260 g/mol. The second-order valence-corrected chi connectivity index (χ2v) is 5.31. The number of hydrazone groups is 1. The summed E-state index contributed by atoms with van der Waals surface area (Å²) in [4.78, 5) is 21.9. The number of carbonyl (C=O) groups excluding carboxylic acids is 1. The van der Waals surface area contributed by atoms with Crippen LogP contribution in [0.4, 0.5) is 11.4 Å². The Kier molecular flexibility index (Phi) is 3.01. The van der Waals surface area contributed by atoms with Crippen molar-refractivity contribution in [1.82, 2.24) is 0 Å². The van der Waals surface area contributed by atoms with Crippen LogP contribution in [0.1, 0.15) is 20.8 Å². The summed E-state index contributed by atoms with van der Waals surface area (Å²) in [7, 11) is 0. The number of Topliss-reactive ketones (excluding diaryl/α,β-unsaturated/α-hetero) is 1. The number of hydrogen-bond acceptors (Lipinski definition) is 4. The van der Waals surface area contributed by atoms with E-state index >= 15 is 0 Å². The first kappa shape index (κ1) is 13.1. The Bertz CT molecular complexity index is 607. The van der Waals surface area contributed by atoms with E-state index in [2.05, 4.69) is 5.10 Å². The van der Waals surface area contributed by atoms with Crippen molar-refractivity contribution in [2.24, 2.45) is 10.5 Å². The van der Waals surface area contributed by atoms with E-state index < -0.39 is 4.92 Å². The zero-order chi connectivity index (χ0) is 14.2. The minimum absolute atomic E-state index is 0.00861. The molecule has 1 aromatic carbocycles. The second-order valence-electron chi connectivity index (χ2n) is 5.31. The van der Waals surface area contributed by atoms with Gasteiger partial charge in [0.15, 0.2) is 5.71 Å². The minimum Gasteiger partial charge on any atom is -0.281 e. The standard InChI is InChI=1S/C13H14N3O3/c1-13(2,3)12-11(17)8-15(14-12)9-4-6-10(7-5-9)16(18)19/h4-8H,1-3H3/q+1. The summed E-state index contributed by atoms with van der Waals surface area (Å²) in [6.07, 6.45) is 1.39. The third-order valence-electron chi connectivity index (χ3n) is 2.72. The van der Waals surface area contributed by atoms with Crippen molar-refractivity contribution in [2.75, 3.05) is 0 Å². The average molecular weight is 260 g/mol. The summed E-state index contributed by atoms with van der Waals surface area (Å²) in [6.45, 7) is 5.74. The van der Waals surface area contributed by atoms with Gasteiger partial charge in [-0.15, -0.1) is 0 Å². The number of ketones is 1. The van der Waals surface area contributed by atoms with E-state index in [4.69, 9.17) is 0 Å². The number of nitro benzene ring substituents is 1. The molecule has 0 spiro atoms. The lowest BCUT2D eigenvalue weighted by Gasteiger charge is -2.13. The van der Waals surface area contributed by atoms with Gasteiger partial charge in [0.2, 0.25) is 5.69 Å². The molecule has 98 valence electrons.